The molecule has 11 heteroatoms. The molecule has 1 N–H and O–H groups in total. The Kier molecular flexibility index (Phi) is 8.47. The van der Waals surface area contributed by atoms with E-state index in [1.165, 1.54) is 46.8 Å². The summed E-state index contributed by atoms with van der Waals surface area (Å²) < 4.78 is 67.6. The number of sulfonamides is 1. The van der Waals surface area contributed by atoms with Crippen LogP contribution in [0, 0.1) is 0 Å². The molecule has 0 bridgehead atoms. The molecule has 0 aliphatic heterocycles. The van der Waals surface area contributed by atoms with Crippen molar-refractivity contribution in [3.8, 4) is 0 Å². The molecule has 2 aromatic rings. The summed E-state index contributed by atoms with van der Waals surface area (Å²) >= 11 is 6.11. The number of carbonyl (C=O) groups is 1. The van der Waals surface area contributed by atoms with E-state index in [-0.39, 0.29) is 27.8 Å². The van der Waals surface area contributed by atoms with Gasteiger partial charge in [-0.3, -0.25) is 4.79 Å². The lowest BCUT2D eigenvalue weighted by molar-refractivity contribution is -0.176. The number of alkyl halides is 3. The molecule has 31 heavy (non-hydrogen) atoms. The van der Waals surface area contributed by atoms with Crippen molar-refractivity contribution in [1.29, 1.82) is 0 Å². The van der Waals surface area contributed by atoms with E-state index < -0.39 is 28.7 Å². The Morgan fingerprint density at radius 2 is 1.71 bits per heavy atom. The maximum atomic E-state index is 12.7. The van der Waals surface area contributed by atoms with Crippen LogP contribution < -0.4 is 5.32 Å². The van der Waals surface area contributed by atoms with E-state index in [1.807, 2.05) is 0 Å². The van der Waals surface area contributed by atoms with E-state index in [9.17, 15) is 26.4 Å². The van der Waals surface area contributed by atoms with Gasteiger partial charge in [0.25, 0.3) is 5.91 Å². The standard InChI is InChI=1S/C20H22ClF3N2O4S/c1-3-26(4-2)31(28,29)16-9-10-17(21)18(11-16)25-19(27)15-7-5-14(6-8-15)12-30-13-20(22,23)24/h5-11H,3-4,12-13H2,1-2H3,(H,25,27). The van der Waals surface area contributed by atoms with E-state index in [0.717, 1.165) is 0 Å². The molecule has 0 aliphatic rings. The first kappa shape index (κ1) is 25.1. The predicted molar refractivity (Wildman–Crippen MR) is 112 cm³/mol. The molecule has 0 atom stereocenters. The molecule has 0 aromatic heterocycles. The van der Waals surface area contributed by atoms with Crippen molar-refractivity contribution < 1.29 is 31.1 Å². The van der Waals surface area contributed by atoms with Gasteiger partial charge in [-0.05, 0) is 35.9 Å². The molecule has 0 saturated carbocycles. The lowest BCUT2D eigenvalue weighted by atomic mass is 10.1. The monoisotopic (exact) mass is 478 g/mol. The normalized spacial score (nSPS) is 12.2. The summed E-state index contributed by atoms with van der Waals surface area (Å²) in [6.45, 7) is 2.41. The molecule has 0 unspecified atom stereocenters. The number of rotatable bonds is 9. The molecule has 0 saturated heterocycles. The second kappa shape index (κ2) is 10.4. The first-order valence-electron chi connectivity index (χ1n) is 9.32. The topological polar surface area (TPSA) is 75.7 Å². The maximum Gasteiger partial charge on any atom is 0.411 e. The zero-order valence-corrected chi connectivity index (χ0v) is 18.4. The van der Waals surface area contributed by atoms with Crippen molar-refractivity contribution >= 4 is 33.2 Å². The molecule has 1 amide bonds. The molecule has 0 aliphatic carbocycles. The van der Waals surface area contributed by atoms with Crippen molar-refractivity contribution in [3.63, 3.8) is 0 Å². The molecule has 6 nitrogen and oxygen atoms in total. The van der Waals surface area contributed by atoms with Crippen LogP contribution in [0.5, 0.6) is 0 Å². The molecule has 0 radical (unpaired) electrons. The minimum atomic E-state index is -4.41. The number of anilines is 1. The Labute approximate surface area is 184 Å². The summed E-state index contributed by atoms with van der Waals surface area (Å²) in [5, 5.41) is 2.72. The largest absolute Gasteiger partial charge is 0.411 e. The predicted octanol–water partition coefficient (Wildman–Crippen LogP) is 4.70. The van der Waals surface area contributed by atoms with Crippen molar-refractivity contribution in [2.24, 2.45) is 0 Å². The van der Waals surface area contributed by atoms with Gasteiger partial charge in [0.15, 0.2) is 0 Å². The minimum absolute atomic E-state index is 0.00642. The molecular weight excluding hydrogens is 457 g/mol. The Balaban J connectivity index is 2.13. The molecular formula is C20H22ClF3N2O4S. The van der Waals surface area contributed by atoms with Crippen molar-refractivity contribution in [1.82, 2.24) is 4.31 Å². The van der Waals surface area contributed by atoms with Crippen LogP contribution in [-0.4, -0.2) is 44.5 Å². The van der Waals surface area contributed by atoms with Crippen LogP contribution in [0.25, 0.3) is 0 Å². The van der Waals surface area contributed by atoms with Gasteiger partial charge in [0.2, 0.25) is 10.0 Å². The average molecular weight is 479 g/mol. The fraction of sp³-hybridized carbons (Fsp3) is 0.350. The van der Waals surface area contributed by atoms with Gasteiger partial charge in [-0.25, -0.2) is 8.42 Å². The molecule has 170 valence electrons. The number of halogens is 4. The quantitative estimate of drug-likeness (QED) is 0.566. The third-order valence-electron chi connectivity index (χ3n) is 4.28. The smallest absolute Gasteiger partial charge is 0.367 e. The fourth-order valence-corrected chi connectivity index (χ4v) is 4.35. The summed E-state index contributed by atoms with van der Waals surface area (Å²) in [4.78, 5) is 12.5. The van der Waals surface area contributed by atoms with Gasteiger partial charge in [0.05, 0.1) is 22.2 Å². The number of nitrogens with zero attached hydrogens (tertiary/aromatic N) is 1. The Morgan fingerprint density at radius 1 is 1.10 bits per heavy atom. The number of nitrogens with one attached hydrogen (secondary N) is 1. The Morgan fingerprint density at radius 3 is 2.26 bits per heavy atom. The third kappa shape index (κ3) is 6.93. The second-order valence-corrected chi connectivity index (χ2v) is 8.84. The van der Waals surface area contributed by atoms with Gasteiger partial charge < -0.3 is 10.1 Å². The van der Waals surface area contributed by atoms with Crippen LogP contribution in [0.3, 0.4) is 0 Å². The highest BCUT2D eigenvalue weighted by Gasteiger charge is 2.27. The average Bonchev–Trinajstić information content (AvgIpc) is 2.69. The van der Waals surface area contributed by atoms with Gasteiger partial charge >= 0.3 is 6.18 Å². The second-order valence-electron chi connectivity index (χ2n) is 6.49. The van der Waals surface area contributed by atoms with Crippen LogP contribution >= 0.6 is 11.6 Å². The highest BCUT2D eigenvalue weighted by Crippen LogP contribution is 2.27. The number of carbonyl (C=O) groups excluding carboxylic acids is 1. The Hall–Kier alpha value is -2.14. The van der Waals surface area contributed by atoms with Crippen molar-refractivity contribution in [3.05, 3.63) is 58.6 Å². The van der Waals surface area contributed by atoms with Crippen LogP contribution in [0.4, 0.5) is 18.9 Å². The van der Waals surface area contributed by atoms with E-state index in [4.69, 9.17) is 11.6 Å². The number of amides is 1. The zero-order valence-electron chi connectivity index (χ0n) is 16.9. The van der Waals surface area contributed by atoms with Crippen LogP contribution in [-0.2, 0) is 21.4 Å². The summed E-state index contributed by atoms with van der Waals surface area (Å²) in [7, 11) is -3.74. The molecule has 2 aromatic carbocycles. The molecule has 0 spiro atoms. The summed E-state index contributed by atoms with van der Waals surface area (Å²) in [5.74, 6) is -0.554. The lowest BCUT2D eigenvalue weighted by Gasteiger charge is -2.19. The molecule has 2 rings (SSSR count). The summed E-state index contributed by atoms with van der Waals surface area (Å²) in [6, 6.07) is 9.81. The molecule has 0 fully saturated rings. The number of benzene rings is 2. The van der Waals surface area contributed by atoms with E-state index in [0.29, 0.717) is 18.7 Å². The lowest BCUT2D eigenvalue weighted by Crippen LogP contribution is -2.30. The number of hydrogen-bond acceptors (Lipinski definition) is 4. The summed E-state index contributed by atoms with van der Waals surface area (Å²) in [5.41, 5.74) is 0.802. The van der Waals surface area contributed by atoms with Gasteiger partial charge in [-0.2, -0.15) is 17.5 Å². The van der Waals surface area contributed by atoms with Crippen LogP contribution in [0.2, 0.25) is 5.02 Å². The first-order valence-corrected chi connectivity index (χ1v) is 11.1. The van der Waals surface area contributed by atoms with Crippen LogP contribution in [0.1, 0.15) is 29.8 Å². The highest BCUT2D eigenvalue weighted by molar-refractivity contribution is 7.89. The highest BCUT2D eigenvalue weighted by atomic mass is 35.5. The zero-order chi connectivity index (χ0) is 23.2. The number of hydrogen-bond donors (Lipinski definition) is 1. The Bertz CT molecular complexity index is 1010. The summed E-state index contributed by atoms with van der Waals surface area (Å²) in [6.07, 6.45) is -4.41. The first-order chi connectivity index (χ1) is 14.5. The van der Waals surface area contributed by atoms with Crippen molar-refractivity contribution in [2.45, 2.75) is 31.5 Å². The van der Waals surface area contributed by atoms with Gasteiger partial charge in [-0.15, -0.1) is 0 Å². The van der Waals surface area contributed by atoms with Gasteiger partial charge in [-0.1, -0.05) is 37.6 Å². The third-order valence-corrected chi connectivity index (χ3v) is 6.66. The van der Waals surface area contributed by atoms with Gasteiger partial charge in [0.1, 0.15) is 6.61 Å². The van der Waals surface area contributed by atoms with E-state index in [1.54, 1.807) is 13.8 Å². The SMILES string of the molecule is CCN(CC)S(=O)(=O)c1ccc(Cl)c(NC(=O)c2ccc(COCC(F)(F)F)cc2)c1. The van der Waals surface area contributed by atoms with Crippen molar-refractivity contribution in [2.75, 3.05) is 25.0 Å². The van der Waals surface area contributed by atoms with E-state index in [2.05, 4.69) is 10.1 Å². The number of ether oxygens (including phenoxy) is 1. The fourth-order valence-electron chi connectivity index (χ4n) is 2.70. The van der Waals surface area contributed by atoms with E-state index >= 15 is 0 Å². The maximum absolute atomic E-state index is 12.7. The van der Waals surface area contributed by atoms with Crippen LogP contribution in [0.15, 0.2) is 47.4 Å². The minimum Gasteiger partial charge on any atom is -0.367 e. The molecule has 0 heterocycles. The van der Waals surface area contributed by atoms with Gasteiger partial charge in [0, 0.05) is 18.7 Å².